The van der Waals surface area contributed by atoms with E-state index in [1.54, 1.807) is 0 Å². The summed E-state index contributed by atoms with van der Waals surface area (Å²) >= 11 is 0. The molecule has 152 valence electrons. The minimum atomic E-state index is -4.88. The summed E-state index contributed by atoms with van der Waals surface area (Å²) in [5.74, 6) is 0.259. The van der Waals surface area contributed by atoms with Gasteiger partial charge in [-0.25, -0.2) is 23.4 Å². The van der Waals surface area contributed by atoms with Crippen LogP contribution < -0.4 is 5.73 Å². The molecule has 0 radical (unpaired) electrons. The van der Waals surface area contributed by atoms with Crippen molar-refractivity contribution < 1.29 is 26.7 Å². The third-order valence-corrected chi connectivity index (χ3v) is 6.01. The molecule has 0 bridgehead atoms. The summed E-state index contributed by atoms with van der Waals surface area (Å²) in [6.45, 7) is 0.608. The fourth-order valence-corrected chi connectivity index (χ4v) is 3.57. The summed E-state index contributed by atoms with van der Waals surface area (Å²) in [4.78, 5) is 11.4. The van der Waals surface area contributed by atoms with Crippen molar-refractivity contribution in [3.8, 4) is 11.4 Å². The van der Waals surface area contributed by atoms with E-state index in [-0.39, 0.29) is 21.4 Å². The molecule has 29 heavy (non-hydrogen) atoms. The molecule has 0 aliphatic carbocycles. The average Bonchev–Trinajstić information content (AvgIpc) is 2.68. The van der Waals surface area contributed by atoms with Crippen molar-refractivity contribution >= 4 is 15.7 Å². The molecule has 3 aromatic rings. The molecule has 3 rings (SSSR count). The molecule has 0 fully saturated rings. The van der Waals surface area contributed by atoms with Gasteiger partial charge in [0.25, 0.3) is 0 Å². The van der Waals surface area contributed by atoms with Crippen LogP contribution in [0.5, 0.6) is 0 Å². The maximum absolute atomic E-state index is 12.9. The second kappa shape index (κ2) is 7.08. The van der Waals surface area contributed by atoms with E-state index in [1.807, 2.05) is 0 Å². The highest BCUT2D eigenvalue weighted by Gasteiger charge is 2.51. The van der Waals surface area contributed by atoms with Crippen molar-refractivity contribution in [1.29, 1.82) is 0 Å². The Kier molecular flexibility index (Phi) is 5.05. The molecule has 2 aromatic heterocycles. The smallest absolute Gasteiger partial charge is 0.384 e. The van der Waals surface area contributed by atoms with Gasteiger partial charge in [0.05, 0.1) is 9.79 Å². The van der Waals surface area contributed by atoms with Gasteiger partial charge in [-0.05, 0) is 43.3 Å². The van der Waals surface area contributed by atoms with Crippen LogP contribution in [0.1, 0.15) is 12.5 Å². The van der Waals surface area contributed by atoms with Gasteiger partial charge in [-0.15, -0.1) is 0 Å². The zero-order valence-corrected chi connectivity index (χ0v) is 15.7. The van der Waals surface area contributed by atoms with Gasteiger partial charge >= 0.3 is 6.18 Å². The number of aliphatic hydroxyl groups is 1. The Balaban J connectivity index is 1.88. The number of aromatic nitrogens is 3. The van der Waals surface area contributed by atoms with Gasteiger partial charge in [0, 0.05) is 29.7 Å². The summed E-state index contributed by atoms with van der Waals surface area (Å²) in [5, 5.41) is 9.65. The number of nitrogens with two attached hydrogens (primary N) is 1. The van der Waals surface area contributed by atoms with Crippen LogP contribution in [0, 0.1) is 0 Å². The number of rotatable bonds is 4. The molecular formula is C18H15F3N4O3S. The molecule has 2 heterocycles. The molecule has 3 N–H and O–H groups in total. The Morgan fingerprint density at radius 1 is 0.897 bits per heavy atom. The van der Waals surface area contributed by atoms with Crippen LogP contribution in [-0.2, 0) is 15.4 Å². The number of nitrogens with zero attached hydrogens (tertiary/aromatic N) is 3. The number of halogens is 3. The van der Waals surface area contributed by atoms with E-state index in [2.05, 4.69) is 15.0 Å². The Morgan fingerprint density at radius 3 is 1.93 bits per heavy atom. The number of pyridine rings is 1. The lowest BCUT2D eigenvalue weighted by atomic mass is 9.98. The van der Waals surface area contributed by atoms with Gasteiger partial charge in [0.15, 0.2) is 11.4 Å². The number of alkyl halides is 3. The number of hydrogen-bond acceptors (Lipinski definition) is 7. The number of benzene rings is 1. The van der Waals surface area contributed by atoms with Crippen molar-refractivity contribution in [2.75, 3.05) is 5.73 Å². The topological polar surface area (TPSA) is 119 Å². The van der Waals surface area contributed by atoms with E-state index in [0.717, 1.165) is 18.6 Å². The van der Waals surface area contributed by atoms with Crippen LogP contribution in [0.15, 0.2) is 64.8 Å². The van der Waals surface area contributed by atoms with E-state index >= 15 is 0 Å². The molecule has 0 unspecified atom stereocenters. The van der Waals surface area contributed by atoms with Gasteiger partial charge < -0.3 is 10.8 Å². The Bertz CT molecular complexity index is 1110. The molecule has 0 saturated carbocycles. The molecular weight excluding hydrogens is 409 g/mol. The summed E-state index contributed by atoms with van der Waals surface area (Å²) in [7, 11) is -3.81. The van der Waals surface area contributed by atoms with Crippen molar-refractivity contribution in [2.24, 2.45) is 0 Å². The van der Waals surface area contributed by atoms with Gasteiger partial charge in [-0.3, -0.25) is 0 Å². The fourth-order valence-electron chi connectivity index (χ4n) is 2.36. The molecule has 0 spiro atoms. The molecule has 1 aromatic carbocycles. The number of sulfone groups is 1. The average molecular weight is 424 g/mol. The fraction of sp³-hybridized carbons (Fsp3) is 0.167. The van der Waals surface area contributed by atoms with Gasteiger partial charge in [-0.2, -0.15) is 13.2 Å². The molecule has 1 atom stereocenters. The van der Waals surface area contributed by atoms with E-state index < -0.39 is 27.2 Å². The van der Waals surface area contributed by atoms with Crippen LogP contribution >= 0.6 is 0 Å². The highest BCUT2D eigenvalue weighted by molar-refractivity contribution is 7.91. The summed E-state index contributed by atoms with van der Waals surface area (Å²) in [6, 6.07) is 8.20. The highest BCUT2D eigenvalue weighted by Crippen LogP contribution is 2.38. The quantitative estimate of drug-likeness (QED) is 0.661. The van der Waals surface area contributed by atoms with Crippen LogP contribution in [0.4, 0.5) is 19.0 Å². The zero-order chi connectivity index (χ0) is 21.4. The minimum absolute atomic E-state index is 0.00977. The van der Waals surface area contributed by atoms with Crippen LogP contribution in [-0.4, -0.2) is 34.7 Å². The molecule has 0 amide bonds. The Labute approximate surface area is 164 Å². The Morgan fingerprint density at radius 2 is 1.45 bits per heavy atom. The maximum atomic E-state index is 12.9. The SMILES string of the molecule is C[C@@](O)(c1cnc(-c2ccc(S(=O)(=O)c3ccc(N)nc3)cc2)nc1)C(F)(F)F. The van der Waals surface area contributed by atoms with E-state index in [1.165, 1.54) is 36.4 Å². The molecule has 7 nitrogen and oxygen atoms in total. The predicted molar refractivity (Wildman–Crippen MR) is 97.2 cm³/mol. The monoisotopic (exact) mass is 424 g/mol. The van der Waals surface area contributed by atoms with Crippen LogP contribution in [0.25, 0.3) is 11.4 Å². The predicted octanol–water partition coefficient (Wildman–Crippen LogP) is 2.72. The summed E-state index contributed by atoms with van der Waals surface area (Å²) in [5.41, 5.74) is 2.25. The second-order valence-electron chi connectivity index (χ2n) is 6.31. The van der Waals surface area contributed by atoms with Crippen molar-refractivity contribution in [2.45, 2.75) is 28.5 Å². The van der Waals surface area contributed by atoms with Gasteiger partial charge in [0.1, 0.15) is 5.82 Å². The lowest BCUT2D eigenvalue weighted by Crippen LogP contribution is -2.39. The first-order valence-corrected chi connectivity index (χ1v) is 9.60. The Hall–Kier alpha value is -3.05. The number of anilines is 1. The van der Waals surface area contributed by atoms with E-state index in [4.69, 9.17) is 5.73 Å². The maximum Gasteiger partial charge on any atom is 0.421 e. The van der Waals surface area contributed by atoms with Crippen LogP contribution in [0.3, 0.4) is 0 Å². The lowest BCUT2D eigenvalue weighted by Gasteiger charge is -2.25. The first kappa shape index (κ1) is 20.7. The largest absolute Gasteiger partial charge is 0.421 e. The molecule has 11 heteroatoms. The summed E-state index contributed by atoms with van der Waals surface area (Å²) < 4.78 is 63.9. The zero-order valence-electron chi connectivity index (χ0n) is 14.9. The standard InChI is InChI=1S/C18H15F3N4O3S/c1-17(26,18(19,20)21)12-8-24-16(25-9-12)11-2-4-13(5-3-11)29(27,28)14-6-7-15(22)23-10-14/h2-10,26H,1H3,(H2,22,23)/t17-/m1/s1. The third kappa shape index (κ3) is 3.91. The van der Waals surface area contributed by atoms with Gasteiger partial charge in [0.2, 0.25) is 9.84 Å². The van der Waals surface area contributed by atoms with Crippen molar-refractivity contribution in [3.63, 3.8) is 0 Å². The molecule has 0 aliphatic heterocycles. The van der Waals surface area contributed by atoms with E-state index in [0.29, 0.717) is 12.5 Å². The summed E-state index contributed by atoms with van der Waals surface area (Å²) in [6.07, 6.45) is -1.99. The minimum Gasteiger partial charge on any atom is -0.384 e. The first-order chi connectivity index (χ1) is 13.4. The van der Waals surface area contributed by atoms with Gasteiger partial charge in [-0.1, -0.05) is 0 Å². The highest BCUT2D eigenvalue weighted by atomic mass is 32.2. The molecule has 0 saturated heterocycles. The van der Waals surface area contributed by atoms with Crippen molar-refractivity contribution in [3.05, 3.63) is 60.6 Å². The number of nitrogen functional groups attached to an aromatic ring is 1. The lowest BCUT2D eigenvalue weighted by molar-refractivity contribution is -0.259. The third-order valence-electron chi connectivity index (χ3n) is 4.26. The second-order valence-corrected chi connectivity index (χ2v) is 8.26. The van der Waals surface area contributed by atoms with E-state index in [9.17, 15) is 26.7 Å². The molecule has 0 aliphatic rings. The van der Waals surface area contributed by atoms with Crippen molar-refractivity contribution in [1.82, 2.24) is 15.0 Å². The van der Waals surface area contributed by atoms with Crippen LogP contribution in [0.2, 0.25) is 0 Å². The first-order valence-electron chi connectivity index (χ1n) is 8.11. The normalized spacial score (nSPS) is 14.4. The number of hydrogen-bond donors (Lipinski definition) is 2.